The van der Waals surface area contributed by atoms with Gasteiger partial charge < -0.3 is 14.7 Å². The number of rotatable bonds is 6. The summed E-state index contributed by atoms with van der Waals surface area (Å²) in [5, 5.41) is 0. The first-order valence-electron chi connectivity index (χ1n) is 8.69. The number of benzene rings is 1. The maximum atomic E-state index is 12.6. The Kier molecular flexibility index (Phi) is 6.77. The normalized spacial score (nSPS) is 18.6. The molecule has 1 fully saturated rings. The molecule has 1 aromatic carbocycles. The zero-order valence-corrected chi connectivity index (χ0v) is 16.4. The molecule has 0 aromatic heterocycles. The number of piperazine rings is 1. The highest BCUT2D eigenvalue weighted by atomic mass is 32.2. The van der Waals surface area contributed by atoms with Crippen LogP contribution in [0.15, 0.2) is 35.2 Å². The summed E-state index contributed by atoms with van der Waals surface area (Å²) < 4.78 is 24.6. The minimum absolute atomic E-state index is 0.0806. The molecule has 26 heavy (non-hydrogen) atoms. The molecule has 2 rings (SSSR count). The minimum Gasteiger partial charge on any atom is -0.347 e. The molecule has 1 heterocycles. The number of carbonyl (C=O) groups is 2. The van der Waals surface area contributed by atoms with Crippen molar-refractivity contribution in [2.75, 3.05) is 46.5 Å². The Morgan fingerprint density at radius 3 is 2.42 bits per heavy atom. The highest BCUT2D eigenvalue weighted by molar-refractivity contribution is 7.91. The van der Waals surface area contributed by atoms with Crippen LogP contribution in [-0.4, -0.2) is 87.5 Å². The molecule has 0 N–H and O–H groups in total. The molecule has 0 spiro atoms. The van der Waals surface area contributed by atoms with Crippen LogP contribution in [-0.2, 0) is 19.4 Å². The van der Waals surface area contributed by atoms with Crippen LogP contribution in [0.5, 0.6) is 0 Å². The summed E-state index contributed by atoms with van der Waals surface area (Å²) in [7, 11) is 1.87. The third kappa shape index (κ3) is 5.04. The first-order chi connectivity index (χ1) is 12.2. The molecule has 7 nitrogen and oxygen atoms in total. The number of hydrogen-bond acceptors (Lipinski definition) is 5. The molecule has 1 atom stereocenters. The van der Waals surface area contributed by atoms with Gasteiger partial charge in [0.2, 0.25) is 11.8 Å². The summed E-state index contributed by atoms with van der Waals surface area (Å²) in [4.78, 5) is 30.4. The smallest absolute Gasteiger partial charge is 0.246 e. The maximum absolute atomic E-state index is 12.6. The first-order valence-corrected chi connectivity index (χ1v) is 10.3. The second-order valence-corrected chi connectivity index (χ2v) is 8.94. The topological polar surface area (TPSA) is 78.0 Å². The highest BCUT2D eigenvalue weighted by Gasteiger charge is 2.34. The second-order valence-electron chi connectivity index (χ2n) is 6.83. The molecule has 1 aliphatic heterocycles. The van der Waals surface area contributed by atoms with Crippen LogP contribution < -0.4 is 0 Å². The van der Waals surface area contributed by atoms with Crippen molar-refractivity contribution < 1.29 is 18.0 Å². The van der Waals surface area contributed by atoms with Gasteiger partial charge in [-0.1, -0.05) is 18.2 Å². The Balaban J connectivity index is 1.96. The summed E-state index contributed by atoms with van der Waals surface area (Å²) in [5.41, 5.74) is 0. The molecule has 1 unspecified atom stereocenters. The fourth-order valence-electron chi connectivity index (χ4n) is 3.03. The molecule has 144 valence electrons. The van der Waals surface area contributed by atoms with Gasteiger partial charge in [0.15, 0.2) is 9.84 Å². The van der Waals surface area contributed by atoms with E-state index in [1.807, 2.05) is 11.9 Å². The average molecular weight is 381 g/mol. The lowest BCUT2D eigenvalue weighted by molar-refractivity contribution is -0.147. The predicted octanol–water partition coefficient (Wildman–Crippen LogP) is 0.471. The van der Waals surface area contributed by atoms with E-state index in [-0.39, 0.29) is 35.3 Å². The molecular formula is C18H27N3O4S. The lowest BCUT2D eigenvalue weighted by atomic mass is 10.1. The molecule has 0 bridgehead atoms. The molecule has 0 aliphatic carbocycles. The predicted molar refractivity (Wildman–Crippen MR) is 99.4 cm³/mol. The van der Waals surface area contributed by atoms with Crippen LogP contribution in [0.4, 0.5) is 0 Å². The number of amides is 2. The van der Waals surface area contributed by atoms with Gasteiger partial charge in [-0.2, -0.15) is 0 Å². The van der Waals surface area contributed by atoms with E-state index < -0.39 is 15.9 Å². The summed E-state index contributed by atoms with van der Waals surface area (Å²) in [5.74, 6) is -0.355. The van der Waals surface area contributed by atoms with Gasteiger partial charge in [-0.3, -0.25) is 9.59 Å². The zero-order valence-electron chi connectivity index (χ0n) is 15.6. The largest absolute Gasteiger partial charge is 0.347 e. The lowest BCUT2D eigenvalue weighted by Gasteiger charge is -2.40. The fraction of sp³-hybridized carbons (Fsp3) is 0.556. The lowest BCUT2D eigenvalue weighted by Crippen LogP contribution is -2.59. The standard InChI is InChI=1S/C18H27N3O4S/c1-19(2)18(23)16-14-20(3)11-12-21(16)17(22)10-7-13-26(24,25)15-8-5-4-6-9-15/h4-6,8-9,16H,7,10-14H2,1-3H3. The van der Waals surface area contributed by atoms with Crippen molar-refractivity contribution in [3.63, 3.8) is 0 Å². The number of nitrogens with zero attached hydrogens (tertiary/aromatic N) is 3. The van der Waals surface area contributed by atoms with Crippen molar-refractivity contribution in [2.45, 2.75) is 23.8 Å². The average Bonchev–Trinajstić information content (AvgIpc) is 2.61. The number of carbonyl (C=O) groups excluding carboxylic acids is 2. The molecule has 0 radical (unpaired) electrons. The van der Waals surface area contributed by atoms with Gasteiger partial charge in [0, 0.05) is 40.2 Å². The van der Waals surface area contributed by atoms with Crippen molar-refractivity contribution in [2.24, 2.45) is 0 Å². The quantitative estimate of drug-likeness (QED) is 0.716. The molecule has 1 aromatic rings. The number of hydrogen-bond donors (Lipinski definition) is 0. The first kappa shape index (κ1) is 20.4. The van der Waals surface area contributed by atoms with Crippen LogP contribution in [0, 0.1) is 0 Å². The van der Waals surface area contributed by atoms with Crippen LogP contribution in [0.25, 0.3) is 0 Å². The fourth-order valence-corrected chi connectivity index (χ4v) is 4.36. The molecular weight excluding hydrogens is 354 g/mol. The zero-order chi connectivity index (χ0) is 19.3. The van der Waals surface area contributed by atoms with Crippen LogP contribution >= 0.6 is 0 Å². The third-order valence-corrected chi connectivity index (χ3v) is 6.35. The SMILES string of the molecule is CN1CCN(C(=O)CCCS(=O)(=O)c2ccccc2)C(C(=O)N(C)C)C1. The van der Waals surface area contributed by atoms with E-state index in [0.717, 1.165) is 0 Å². The van der Waals surface area contributed by atoms with Crippen molar-refractivity contribution in [3.8, 4) is 0 Å². The van der Waals surface area contributed by atoms with Crippen molar-refractivity contribution in [3.05, 3.63) is 30.3 Å². The minimum atomic E-state index is -3.39. The summed E-state index contributed by atoms with van der Waals surface area (Å²) in [6.45, 7) is 1.67. The van der Waals surface area contributed by atoms with Gasteiger partial charge in [0.05, 0.1) is 10.6 Å². The Labute approximate surface area is 155 Å². The van der Waals surface area contributed by atoms with Crippen molar-refractivity contribution >= 4 is 21.7 Å². The van der Waals surface area contributed by atoms with E-state index in [2.05, 4.69) is 0 Å². The van der Waals surface area contributed by atoms with Gasteiger partial charge in [0.25, 0.3) is 0 Å². The Hall–Kier alpha value is -1.93. The van der Waals surface area contributed by atoms with Gasteiger partial charge in [-0.25, -0.2) is 8.42 Å². The van der Waals surface area contributed by atoms with Gasteiger partial charge in [0.1, 0.15) is 6.04 Å². The van der Waals surface area contributed by atoms with Crippen molar-refractivity contribution in [1.29, 1.82) is 0 Å². The van der Waals surface area contributed by atoms with Gasteiger partial charge in [-0.05, 0) is 25.6 Å². The third-order valence-electron chi connectivity index (χ3n) is 4.54. The van der Waals surface area contributed by atoms with E-state index in [9.17, 15) is 18.0 Å². The van der Waals surface area contributed by atoms with E-state index >= 15 is 0 Å². The van der Waals surface area contributed by atoms with E-state index in [1.165, 1.54) is 4.90 Å². The van der Waals surface area contributed by atoms with E-state index in [0.29, 0.717) is 19.6 Å². The van der Waals surface area contributed by atoms with Crippen LogP contribution in [0.3, 0.4) is 0 Å². The molecule has 2 amide bonds. The van der Waals surface area contributed by atoms with Gasteiger partial charge >= 0.3 is 0 Å². The van der Waals surface area contributed by atoms with Gasteiger partial charge in [-0.15, -0.1) is 0 Å². The highest BCUT2D eigenvalue weighted by Crippen LogP contribution is 2.15. The molecule has 1 saturated heterocycles. The van der Waals surface area contributed by atoms with Crippen LogP contribution in [0.2, 0.25) is 0 Å². The summed E-state index contributed by atoms with van der Waals surface area (Å²) in [6.07, 6.45) is 0.359. The Morgan fingerprint density at radius 2 is 1.81 bits per heavy atom. The van der Waals surface area contributed by atoms with E-state index in [4.69, 9.17) is 0 Å². The Morgan fingerprint density at radius 1 is 1.15 bits per heavy atom. The molecule has 1 aliphatic rings. The Bertz CT molecular complexity index is 734. The summed E-state index contributed by atoms with van der Waals surface area (Å²) in [6, 6.07) is 7.73. The summed E-state index contributed by atoms with van der Waals surface area (Å²) >= 11 is 0. The molecule has 0 saturated carbocycles. The number of sulfone groups is 1. The van der Waals surface area contributed by atoms with Crippen LogP contribution in [0.1, 0.15) is 12.8 Å². The second kappa shape index (κ2) is 8.64. The number of likely N-dealkylation sites (N-methyl/N-ethyl adjacent to an activating group) is 2. The molecule has 8 heteroatoms. The van der Waals surface area contributed by atoms with E-state index in [1.54, 1.807) is 49.3 Å². The maximum Gasteiger partial charge on any atom is 0.246 e. The van der Waals surface area contributed by atoms with Crippen molar-refractivity contribution in [1.82, 2.24) is 14.7 Å². The monoisotopic (exact) mass is 381 g/mol.